The van der Waals surface area contributed by atoms with E-state index in [1.807, 2.05) is 27.8 Å². The fourth-order valence-electron chi connectivity index (χ4n) is 1.66. The molecule has 0 radical (unpaired) electrons. The van der Waals surface area contributed by atoms with Crippen LogP contribution < -0.4 is 5.73 Å². The van der Waals surface area contributed by atoms with Crippen LogP contribution in [0.4, 0.5) is 0 Å². The number of hydrogen-bond donors (Lipinski definition) is 1. The number of hydrogen-bond acceptors (Lipinski definition) is 3. The van der Waals surface area contributed by atoms with E-state index in [9.17, 15) is 0 Å². The summed E-state index contributed by atoms with van der Waals surface area (Å²) in [5.74, 6) is 0. The summed E-state index contributed by atoms with van der Waals surface area (Å²) in [6.45, 7) is 5.55. The second-order valence-corrected chi connectivity index (χ2v) is 4.29. The van der Waals surface area contributed by atoms with Crippen LogP contribution in [0.2, 0.25) is 0 Å². The molecule has 1 unspecified atom stereocenters. The van der Waals surface area contributed by atoms with Crippen LogP contribution in [0.15, 0.2) is 24.7 Å². The highest BCUT2D eigenvalue weighted by Gasteiger charge is 2.05. The van der Waals surface area contributed by atoms with Crippen molar-refractivity contribution >= 4 is 0 Å². The van der Waals surface area contributed by atoms with Crippen LogP contribution in [0.1, 0.15) is 37.6 Å². The molecule has 2 aromatic rings. The van der Waals surface area contributed by atoms with Crippen molar-refractivity contribution in [3.63, 3.8) is 0 Å². The molecule has 0 saturated heterocycles. The number of nitrogens with two attached hydrogens (primary N) is 1. The van der Waals surface area contributed by atoms with Crippen molar-refractivity contribution in [1.29, 1.82) is 0 Å². The largest absolute Gasteiger partial charge is 0.326 e. The fourth-order valence-corrected chi connectivity index (χ4v) is 1.66. The third kappa shape index (κ3) is 2.74. The van der Waals surface area contributed by atoms with Crippen molar-refractivity contribution in [3.8, 4) is 0 Å². The lowest BCUT2D eigenvalue weighted by atomic mass is 10.3. The molecule has 0 bridgehead atoms. The van der Waals surface area contributed by atoms with Gasteiger partial charge in [-0.2, -0.15) is 10.2 Å². The van der Waals surface area contributed by atoms with Gasteiger partial charge in [0.05, 0.1) is 18.4 Å². The lowest BCUT2D eigenvalue weighted by Gasteiger charge is -2.08. The van der Waals surface area contributed by atoms with Crippen molar-refractivity contribution < 1.29 is 0 Å². The van der Waals surface area contributed by atoms with Crippen molar-refractivity contribution in [3.05, 3.63) is 35.9 Å². The second-order valence-electron chi connectivity index (χ2n) is 4.29. The van der Waals surface area contributed by atoms with Gasteiger partial charge >= 0.3 is 0 Å². The van der Waals surface area contributed by atoms with Gasteiger partial charge in [-0.1, -0.05) is 6.92 Å². The van der Waals surface area contributed by atoms with Crippen LogP contribution in [0, 0.1) is 0 Å². The van der Waals surface area contributed by atoms with Gasteiger partial charge in [0, 0.05) is 30.5 Å². The molecular formula is C12H19N5. The molecule has 5 nitrogen and oxygen atoms in total. The van der Waals surface area contributed by atoms with Gasteiger partial charge in [-0.3, -0.25) is 9.36 Å². The van der Waals surface area contributed by atoms with Crippen molar-refractivity contribution in [2.45, 2.75) is 39.4 Å². The Morgan fingerprint density at radius 2 is 2.29 bits per heavy atom. The van der Waals surface area contributed by atoms with Crippen molar-refractivity contribution in [1.82, 2.24) is 19.6 Å². The first kappa shape index (κ1) is 11.9. The fraction of sp³-hybridized carbons (Fsp3) is 0.500. The average Bonchev–Trinajstić information content (AvgIpc) is 2.97. The quantitative estimate of drug-likeness (QED) is 0.852. The molecule has 0 saturated carbocycles. The summed E-state index contributed by atoms with van der Waals surface area (Å²) in [6, 6.07) is 2.48. The van der Waals surface area contributed by atoms with E-state index in [1.54, 1.807) is 6.20 Å². The molecule has 0 aromatic carbocycles. The Balaban J connectivity index is 2.06. The maximum absolute atomic E-state index is 5.55. The Morgan fingerprint density at radius 1 is 1.47 bits per heavy atom. The predicted octanol–water partition coefficient (Wildman–Crippen LogP) is 1.56. The van der Waals surface area contributed by atoms with Gasteiger partial charge in [-0.25, -0.2) is 0 Å². The Bertz CT molecular complexity index is 471. The summed E-state index contributed by atoms with van der Waals surface area (Å²) in [5, 5.41) is 8.78. The number of rotatable bonds is 5. The van der Waals surface area contributed by atoms with Crippen LogP contribution in [0.3, 0.4) is 0 Å². The maximum atomic E-state index is 5.55. The van der Waals surface area contributed by atoms with Crippen molar-refractivity contribution in [2.75, 3.05) is 0 Å². The summed E-state index contributed by atoms with van der Waals surface area (Å²) in [6.07, 6.45) is 6.87. The zero-order valence-corrected chi connectivity index (χ0v) is 10.4. The summed E-state index contributed by atoms with van der Waals surface area (Å²) < 4.78 is 3.87. The minimum absolute atomic E-state index is 0.445. The van der Waals surface area contributed by atoms with Gasteiger partial charge in [0.25, 0.3) is 0 Å². The molecule has 0 fully saturated rings. The summed E-state index contributed by atoms with van der Waals surface area (Å²) in [4.78, 5) is 0. The van der Waals surface area contributed by atoms with E-state index < -0.39 is 0 Å². The lowest BCUT2D eigenvalue weighted by molar-refractivity contribution is 0.471. The van der Waals surface area contributed by atoms with E-state index in [4.69, 9.17) is 5.73 Å². The summed E-state index contributed by atoms with van der Waals surface area (Å²) in [5.41, 5.74) is 7.62. The number of nitrogens with zero attached hydrogens (tertiary/aromatic N) is 4. The molecule has 0 amide bonds. The SMILES string of the molecule is CCC(C)n1ccc(Cn2cc(CN)cn2)n1. The molecular weight excluding hydrogens is 214 g/mol. The molecule has 2 rings (SSSR count). The normalized spacial score (nSPS) is 12.9. The van der Waals surface area contributed by atoms with Crippen LogP contribution in [-0.2, 0) is 13.1 Å². The van der Waals surface area contributed by atoms with Crippen LogP contribution in [0.25, 0.3) is 0 Å². The molecule has 0 aliphatic carbocycles. The van der Waals surface area contributed by atoms with E-state index >= 15 is 0 Å². The lowest BCUT2D eigenvalue weighted by Crippen LogP contribution is -2.06. The number of aromatic nitrogens is 4. The van der Waals surface area contributed by atoms with Crippen LogP contribution in [0.5, 0.6) is 0 Å². The van der Waals surface area contributed by atoms with E-state index in [1.165, 1.54) is 0 Å². The van der Waals surface area contributed by atoms with E-state index in [0.29, 0.717) is 19.1 Å². The highest BCUT2D eigenvalue weighted by atomic mass is 15.3. The van der Waals surface area contributed by atoms with E-state index in [2.05, 4.69) is 24.0 Å². The minimum Gasteiger partial charge on any atom is -0.326 e. The Morgan fingerprint density at radius 3 is 2.94 bits per heavy atom. The predicted molar refractivity (Wildman–Crippen MR) is 66.4 cm³/mol. The Labute approximate surface area is 101 Å². The van der Waals surface area contributed by atoms with Gasteiger partial charge in [0.1, 0.15) is 0 Å². The third-order valence-corrected chi connectivity index (χ3v) is 2.95. The molecule has 17 heavy (non-hydrogen) atoms. The summed E-state index contributed by atoms with van der Waals surface area (Å²) >= 11 is 0. The van der Waals surface area contributed by atoms with E-state index in [-0.39, 0.29) is 0 Å². The zero-order valence-electron chi connectivity index (χ0n) is 10.4. The zero-order chi connectivity index (χ0) is 12.3. The molecule has 2 N–H and O–H groups in total. The average molecular weight is 233 g/mol. The molecule has 5 heteroatoms. The third-order valence-electron chi connectivity index (χ3n) is 2.95. The Kier molecular flexibility index (Phi) is 3.58. The Hall–Kier alpha value is -1.62. The van der Waals surface area contributed by atoms with Crippen molar-refractivity contribution in [2.24, 2.45) is 5.73 Å². The second kappa shape index (κ2) is 5.14. The molecule has 0 spiro atoms. The molecule has 92 valence electrons. The first-order chi connectivity index (χ1) is 8.22. The monoisotopic (exact) mass is 233 g/mol. The van der Waals surface area contributed by atoms with Crippen LogP contribution in [-0.4, -0.2) is 19.6 Å². The first-order valence-corrected chi connectivity index (χ1v) is 5.98. The molecule has 2 aromatic heterocycles. The minimum atomic E-state index is 0.445. The van der Waals surface area contributed by atoms with Crippen LogP contribution >= 0.6 is 0 Å². The highest BCUT2D eigenvalue weighted by molar-refractivity contribution is 5.06. The smallest absolute Gasteiger partial charge is 0.0849 e. The topological polar surface area (TPSA) is 61.7 Å². The van der Waals surface area contributed by atoms with Gasteiger partial charge in [-0.15, -0.1) is 0 Å². The molecule has 2 heterocycles. The molecule has 0 aliphatic heterocycles. The standard InChI is InChI=1S/C12H19N5/c1-3-10(2)17-5-4-12(15-17)9-16-8-11(6-13)7-14-16/h4-5,7-8,10H,3,6,9,13H2,1-2H3. The summed E-state index contributed by atoms with van der Waals surface area (Å²) in [7, 11) is 0. The van der Waals surface area contributed by atoms with Gasteiger partial charge < -0.3 is 5.73 Å². The maximum Gasteiger partial charge on any atom is 0.0849 e. The first-order valence-electron chi connectivity index (χ1n) is 5.98. The van der Waals surface area contributed by atoms with Gasteiger partial charge in [-0.05, 0) is 19.4 Å². The highest BCUT2D eigenvalue weighted by Crippen LogP contribution is 2.10. The molecule has 1 atom stereocenters. The molecule has 0 aliphatic rings. The van der Waals surface area contributed by atoms with Gasteiger partial charge in [0.2, 0.25) is 0 Å². The van der Waals surface area contributed by atoms with Gasteiger partial charge in [0.15, 0.2) is 0 Å². The van der Waals surface area contributed by atoms with E-state index in [0.717, 1.165) is 17.7 Å².